The maximum atomic E-state index is 12.7. The van der Waals surface area contributed by atoms with Crippen molar-refractivity contribution in [3.05, 3.63) is 82.7 Å². The molecule has 2 N–H and O–H groups in total. The van der Waals surface area contributed by atoms with E-state index in [9.17, 15) is 20.0 Å². The number of rotatable bonds is 7. The van der Waals surface area contributed by atoms with Gasteiger partial charge >= 0.3 is 5.97 Å². The van der Waals surface area contributed by atoms with E-state index in [1.54, 1.807) is 47.0 Å². The summed E-state index contributed by atoms with van der Waals surface area (Å²) in [6, 6.07) is 17.4. The second kappa shape index (κ2) is 9.67. The Labute approximate surface area is 186 Å². The summed E-state index contributed by atoms with van der Waals surface area (Å²) in [6.45, 7) is 6.03. The van der Waals surface area contributed by atoms with E-state index >= 15 is 0 Å². The molecule has 0 bridgehead atoms. The number of carboxylic acids is 1. The van der Waals surface area contributed by atoms with Crippen LogP contribution in [0.4, 0.5) is 5.69 Å². The second-order valence-electron chi connectivity index (χ2n) is 7.07. The minimum Gasteiger partial charge on any atom is -0.494 e. The smallest absolute Gasteiger partial charge is 0.337 e. The Bertz CT molecular complexity index is 1250. The van der Waals surface area contributed by atoms with E-state index in [2.05, 4.69) is 5.32 Å². The van der Waals surface area contributed by atoms with Crippen molar-refractivity contribution in [3.63, 3.8) is 0 Å². The van der Waals surface area contributed by atoms with Crippen molar-refractivity contribution in [2.24, 2.45) is 0 Å². The first-order valence-corrected chi connectivity index (χ1v) is 10.0. The fourth-order valence-electron chi connectivity index (χ4n) is 3.49. The van der Waals surface area contributed by atoms with Crippen LogP contribution in [0.1, 0.15) is 34.2 Å². The van der Waals surface area contributed by atoms with Crippen LogP contribution in [0, 0.1) is 25.2 Å². The fraction of sp³-hybridized carbons (Fsp3) is 0.160. The number of nitriles is 1. The van der Waals surface area contributed by atoms with Crippen molar-refractivity contribution >= 4 is 23.6 Å². The molecule has 0 aliphatic carbocycles. The second-order valence-corrected chi connectivity index (χ2v) is 7.07. The number of hydrogen-bond acceptors (Lipinski definition) is 4. The lowest BCUT2D eigenvalue weighted by atomic mass is 10.1. The molecule has 7 nitrogen and oxygen atoms in total. The summed E-state index contributed by atoms with van der Waals surface area (Å²) in [4.78, 5) is 24.4. The number of nitrogens with zero attached hydrogens (tertiary/aromatic N) is 2. The zero-order valence-electron chi connectivity index (χ0n) is 18.0. The van der Waals surface area contributed by atoms with Crippen molar-refractivity contribution in [1.29, 1.82) is 5.26 Å². The third-order valence-corrected chi connectivity index (χ3v) is 4.91. The van der Waals surface area contributed by atoms with Gasteiger partial charge in [-0.1, -0.05) is 18.2 Å². The predicted molar refractivity (Wildman–Crippen MR) is 122 cm³/mol. The molecule has 1 amide bonds. The van der Waals surface area contributed by atoms with Crippen molar-refractivity contribution in [2.45, 2.75) is 20.8 Å². The van der Waals surface area contributed by atoms with Gasteiger partial charge in [-0.15, -0.1) is 0 Å². The lowest BCUT2D eigenvalue weighted by molar-refractivity contribution is -0.112. The van der Waals surface area contributed by atoms with Crippen molar-refractivity contribution in [3.8, 4) is 17.5 Å². The number of aromatic carboxylic acids is 1. The summed E-state index contributed by atoms with van der Waals surface area (Å²) in [5.74, 6) is -0.957. The molecule has 32 heavy (non-hydrogen) atoms. The number of aryl methyl sites for hydroxylation is 1. The molecule has 0 aliphatic heterocycles. The Morgan fingerprint density at radius 3 is 2.59 bits per heavy atom. The van der Waals surface area contributed by atoms with Crippen LogP contribution in [-0.2, 0) is 4.79 Å². The van der Waals surface area contributed by atoms with Crippen LogP contribution in [-0.4, -0.2) is 28.2 Å². The van der Waals surface area contributed by atoms with Gasteiger partial charge in [0.1, 0.15) is 17.4 Å². The Balaban J connectivity index is 1.95. The maximum Gasteiger partial charge on any atom is 0.337 e. The summed E-state index contributed by atoms with van der Waals surface area (Å²) >= 11 is 0. The molecule has 7 heteroatoms. The number of benzene rings is 2. The van der Waals surface area contributed by atoms with E-state index < -0.39 is 11.9 Å². The Morgan fingerprint density at radius 2 is 1.91 bits per heavy atom. The highest BCUT2D eigenvalue weighted by molar-refractivity contribution is 6.09. The maximum absolute atomic E-state index is 12.7. The summed E-state index contributed by atoms with van der Waals surface area (Å²) < 4.78 is 7.23. The minimum atomic E-state index is -1.03. The molecule has 0 atom stereocenters. The quantitative estimate of drug-likeness (QED) is 0.417. The number of anilines is 1. The zero-order chi connectivity index (χ0) is 23.3. The van der Waals surface area contributed by atoms with Crippen molar-refractivity contribution in [1.82, 2.24) is 4.57 Å². The number of aromatic nitrogens is 1. The Kier molecular flexibility index (Phi) is 6.76. The number of para-hydroxylation sites is 1. The van der Waals surface area contributed by atoms with E-state index in [0.29, 0.717) is 29.3 Å². The predicted octanol–water partition coefficient (Wildman–Crippen LogP) is 4.74. The molecule has 0 fully saturated rings. The monoisotopic (exact) mass is 429 g/mol. The largest absolute Gasteiger partial charge is 0.494 e. The third-order valence-electron chi connectivity index (χ3n) is 4.91. The van der Waals surface area contributed by atoms with Gasteiger partial charge in [0.05, 0.1) is 17.9 Å². The molecule has 1 aromatic heterocycles. The summed E-state index contributed by atoms with van der Waals surface area (Å²) in [5, 5.41) is 21.8. The van der Waals surface area contributed by atoms with E-state index in [4.69, 9.17) is 4.74 Å². The van der Waals surface area contributed by atoms with Gasteiger partial charge in [-0.05, 0) is 62.7 Å². The van der Waals surface area contributed by atoms with Gasteiger partial charge in [-0.3, -0.25) is 4.79 Å². The molecule has 0 saturated heterocycles. The van der Waals surface area contributed by atoms with Gasteiger partial charge in [-0.25, -0.2) is 4.79 Å². The molecule has 0 radical (unpaired) electrons. The number of carboxylic acid groups (broad SMARTS) is 1. The number of carbonyl (C=O) groups excluding carboxylic acids is 1. The average Bonchev–Trinajstić information content (AvgIpc) is 3.05. The molecule has 3 aromatic rings. The van der Waals surface area contributed by atoms with E-state index in [1.165, 1.54) is 12.1 Å². The molecule has 0 aliphatic rings. The minimum absolute atomic E-state index is 0.0708. The van der Waals surface area contributed by atoms with Gasteiger partial charge in [0.25, 0.3) is 5.91 Å². The van der Waals surface area contributed by atoms with Crippen LogP contribution in [0.15, 0.2) is 60.2 Å². The molecule has 3 rings (SSSR count). The summed E-state index contributed by atoms with van der Waals surface area (Å²) in [6.07, 6.45) is 1.50. The summed E-state index contributed by atoms with van der Waals surface area (Å²) in [5.41, 5.74) is 3.28. The molecule has 2 aromatic carbocycles. The van der Waals surface area contributed by atoms with Gasteiger partial charge < -0.3 is 19.7 Å². The fourth-order valence-corrected chi connectivity index (χ4v) is 3.49. The van der Waals surface area contributed by atoms with Crippen molar-refractivity contribution in [2.75, 3.05) is 11.9 Å². The van der Waals surface area contributed by atoms with Gasteiger partial charge in [0, 0.05) is 23.1 Å². The van der Waals surface area contributed by atoms with Gasteiger partial charge in [0.2, 0.25) is 0 Å². The molecule has 162 valence electrons. The SMILES string of the molecule is CCOc1cccc(NC(=O)/C(C#N)=C\c2cc(C)n(-c3ccccc3C(=O)O)c2C)c1. The number of amides is 1. The number of hydrogen-bond donors (Lipinski definition) is 2. The van der Waals surface area contributed by atoms with Gasteiger partial charge in [-0.2, -0.15) is 5.26 Å². The molecule has 0 spiro atoms. The van der Waals surface area contributed by atoms with E-state index in [0.717, 1.165) is 11.4 Å². The lowest BCUT2D eigenvalue weighted by Gasteiger charge is -2.12. The van der Waals surface area contributed by atoms with Crippen LogP contribution in [0.5, 0.6) is 5.75 Å². The number of ether oxygens (including phenoxy) is 1. The third kappa shape index (κ3) is 4.71. The zero-order valence-corrected chi connectivity index (χ0v) is 18.0. The van der Waals surface area contributed by atoms with Crippen LogP contribution in [0.2, 0.25) is 0 Å². The first-order chi connectivity index (χ1) is 15.3. The first-order valence-electron chi connectivity index (χ1n) is 10.0. The van der Waals surface area contributed by atoms with E-state index in [1.807, 2.05) is 32.9 Å². The number of carbonyl (C=O) groups is 2. The van der Waals surface area contributed by atoms with Crippen LogP contribution in [0.25, 0.3) is 11.8 Å². The van der Waals surface area contributed by atoms with Crippen LogP contribution >= 0.6 is 0 Å². The lowest BCUT2D eigenvalue weighted by Crippen LogP contribution is -2.13. The Morgan fingerprint density at radius 1 is 1.16 bits per heavy atom. The van der Waals surface area contributed by atoms with E-state index in [-0.39, 0.29) is 11.1 Å². The molecule has 1 heterocycles. The highest BCUT2D eigenvalue weighted by Gasteiger charge is 2.17. The van der Waals surface area contributed by atoms with Gasteiger partial charge in [0.15, 0.2) is 0 Å². The molecular formula is C25H23N3O4. The Hall–Kier alpha value is -4.31. The molecular weight excluding hydrogens is 406 g/mol. The summed E-state index contributed by atoms with van der Waals surface area (Å²) in [7, 11) is 0. The highest BCUT2D eigenvalue weighted by Crippen LogP contribution is 2.25. The average molecular weight is 429 g/mol. The van der Waals surface area contributed by atoms with Crippen LogP contribution < -0.4 is 10.1 Å². The molecule has 0 unspecified atom stereocenters. The molecule has 0 saturated carbocycles. The van der Waals surface area contributed by atoms with Crippen LogP contribution in [0.3, 0.4) is 0 Å². The highest BCUT2D eigenvalue weighted by atomic mass is 16.5. The van der Waals surface area contributed by atoms with Crippen molar-refractivity contribution < 1.29 is 19.4 Å². The normalized spacial score (nSPS) is 11.0. The number of nitrogens with one attached hydrogen (secondary N) is 1. The topological polar surface area (TPSA) is 104 Å². The standard InChI is InChI=1S/C25H23N3O4/c1-4-32-21-9-7-8-20(14-21)27-24(29)19(15-26)13-18-12-16(2)28(17(18)3)23-11-6-5-10-22(23)25(30)31/h5-14H,4H2,1-3H3,(H,27,29)(H,30,31)/b19-13-. The first kappa shape index (κ1) is 22.4.